The van der Waals surface area contributed by atoms with Gasteiger partial charge in [-0.3, -0.25) is 9.59 Å². The molecule has 1 aromatic heterocycles. The molecule has 0 unspecified atom stereocenters. The van der Waals surface area contributed by atoms with Crippen LogP contribution < -0.4 is 10.7 Å². The lowest BCUT2D eigenvalue weighted by Gasteiger charge is -2.07. The predicted octanol–water partition coefficient (Wildman–Crippen LogP) is 2.44. The van der Waals surface area contributed by atoms with Gasteiger partial charge in [-0.2, -0.15) is 5.10 Å². The van der Waals surface area contributed by atoms with Crippen molar-refractivity contribution in [3.05, 3.63) is 69.7 Å². The molecule has 0 bridgehead atoms. The number of aromatic nitrogens is 2. The van der Waals surface area contributed by atoms with Crippen molar-refractivity contribution in [3.8, 4) is 5.69 Å². The summed E-state index contributed by atoms with van der Waals surface area (Å²) in [5, 5.41) is 7.21. The zero-order valence-corrected chi connectivity index (χ0v) is 11.5. The fraction of sp³-hybridized carbons (Fsp3) is 0.133. The van der Waals surface area contributed by atoms with E-state index in [-0.39, 0.29) is 13.1 Å². The molecule has 0 aliphatic carbocycles. The van der Waals surface area contributed by atoms with Crippen molar-refractivity contribution in [3.63, 3.8) is 0 Å². The van der Waals surface area contributed by atoms with Gasteiger partial charge in [0.05, 0.1) is 10.7 Å². The van der Waals surface area contributed by atoms with E-state index in [9.17, 15) is 9.59 Å². The number of rotatable bonds is 4. The van der Waals surface area contributed by atoms with Crippen LogP contribution in [-0.2, 0) is 0 Å². The van der Waals surface area contributed by atoms with Gasteiger partial charge in [0.15, 0.2) is 5.69 Å². The Kier molecular flexibility index (Phi) is 5.87. The van der Waals surface area contributed by atoms with E-state index in [2.05, 4.69) is 10.4 Å². The maximum atomic E-state index is 11.9. The van der Waals surface area contributed by atoms with Crippen molar-refractivity contribution in [2.75, 3.05) is 7.05 Å². The van der Waals surface area contributed by atoms with Gasteiger partial charge in [-0.25, -0.2) is 4.68 Å². The molecular weight excluding hydrogens is 290 g/mol. The van der Waals surface area contributed by atoms with E-state index in [4.69, 9.17) is 11.6 Å². The quantitative estimate of drug-likeness (QED) is 0.696. The van der Waals surface area contributed by atoms with E-state index in [0.29, 0.717) is 10.7 Å². The van der Waals surface area contributed by atoms with E-state index in [1.165, 1.54) is 29.2 Å². The summed E-state index contributed by atoms with van der Waals surface area (Å²) in [4.78, 5) is 23.6. The van der Waals surface area contributed by atoms with Crippen molar-refractivity contribution >= 4 is 17.4 Å². The number of hydrogen-bond acceptors (Lipinski definition) is 4. The Hall–Kier alpha value is -2.40. The number of nitrogens with zero attached hydrogens (tertiary/aromatic N) is 2. The summed E-state index contributed by atoms with van der Waals surface area (Å²) in [7, 11) is 1.66. The van der Waals surface area contributed by atoms with Crippen molar-refractivity contribution in [1.82, 2.24) is 15.1 Å². The highest BCUT2D eigenvalue weighted by Crippen LogP contribution is 2.18. The lowest BCUT2D eigenvalue weighted by atomic mass is 10.2. The molecule has 0 amide bonds. The topological polar surface area (TPSA) is 64.0 Å². The number of halogens is 1. The fourth-order valence-electron chi connectivity index (χ4n) is 1.59. The summed E-state index contributed by atoms with van der Waals surface area (Å²) in [6.07, 6.45) is 4.17. The van der Waals surface area contributed by atoms with Crippen LogP contribution in [0.5, 0.6) is 0 Å². The number of nitrogens with one attached hydrogen (secondary N) is 1. The minimum atomic E-state index is -0.467. The molecule has 0 radical (unpaired) electrons. The van der Waals surface area contributed by atoms with E-state index in [0.717, 1.165) is 0 Å². The van der Waals surface area contributed by atoms with Crippen LogP contribution >= 0.6 is 11.6 Å². The first-order valence-corrected chi connectivity index (χ1v) is 6.24. The van der Waals surface area contributed by atoms with Crippen LogP contribution in [-0.4, -0.2) is 22.6 Å². The third-order valence-corrected chi connectivity index (χ3v) is 2.86. The molecule has 0 spiro atoms. The minimum absolute atomic E-state index is 0. The lowest BCUT2D eigenvalue weighted by Crippen LogP contribution is -2.20. The molecular formula is C15H16ClN3O2. The van der Waals surface area contributed by atoms with Gasteiger partial charge >= 0.3 is 0 Å². The maximum Gasteiger partial charge on any atom is 0.211 e. The molecule has 1 aromatic carbocycles. The first-order valence-electron chi connectivity index (χ1n) is 5.86. The average Bonchev–Trinajstić information content (AvgIpc) is 2.46. The molecule has 0 fully saturated rings. The van der Waals surface area contributed by atoms with Gasteiger partial charge in [0.25, 0.3) is 0 Å². The lowest BCUT2D eigenvalue weighted by molar-refractivity contribution is 0.103. The standard InChI is InChI=1S/C14H12ClN3O2.CH4/c1-16-8-6-12(19)14-13(20)7-9-18(17-14)11-5-3-2-4-10(11)15;/h2-9,16H,1H3;1H4. The molecule has 2 aromatic rings. The Morgan fingerprint density at radius 1 is 1.33 bits per heavy atom. The molecule has 0 aliphatic rings. The number of benzene rings is 1. The first kappa shape index (κ1) is 16.7. The normalized spacial score (nSPS) is 10.2. The van der Waals surface area contributed by atoms with E-state index in [1.54, 1.807) is 31.3 Å². The third kappa shape index (κ3) is 3.79. The number of para-hydroxylation sites is 1. The Balaban J connectivity index is 0.00000220. The summed E-state index contributed by atoms with van der Waals surface area (Å²) in [5.74, 6) is -0.467. The van der Waals surface area contributed by atoms with Gasteiger partial charge in [-0.05, 0) is 12.1 Å². The van der Waals surface area contributed by atoms with Gasteiger partial charge in [0.1, 0.15) is 0 Å². The molecule has 1 N–H and O–H groups in total. The fourth-order valence-corrected chi connectivity index (χ4v) is 1.81. The summed E-state index contributed by atoms with van der Waals surface area (Å²) >= 11 is 6.07. The monoisotopic (exact) mass is 305 g/mol. The second-order valence-electron chi connectivity index (χ2n) is 3.91. The Labute approximate surface area is 127 Å². The van der Waals surface area contributed by atoms with Crippen LogP contribution in [0.3, 0.4) is 0 Å². The molecule has 0 atom stereocenters. The van der Waals surface area contributed by atoms with E-state index < -0.39 is 11.2 Å². The zero-order chi connectivity index (χ0) is 14.5. The van der Waals surface area contributed by atoms with Gasteiger partial charge < -0.3 is 5.32 Å². The predicted molar refractivity (Wildman–Crippen MR) is 84.1 cm³/mol. The van der Waals surface area contributed by atoms with Gasteiger partial charge in [0.2, 0.25) is 11.2 Å². The number of hydrogen-bond donors (Lipinski definition) is 1. The van der Waals surface area contributed by atoms with Crippen LogP contribution in [0.2, 0.25) is 5.02 Å². The number of carbonyl (C=O) groups excluding carboxylic acids is 1. The van der Waals surface area contributed by atoms with E-state index in [1.807, 2.05) is 0 Å². The van der Waals surface area contributed by atoms with Crippen LogP contribution in [0.1, 0.15) is 17.9 Å². The smallest absolute Gasteiger partial charge is 0.211 e. The Morgan fingerprint density at radius 3 is 2.71 bits per heavy atom. The largest absolute Gasteiger partial charge is 0.394 e. The van der Waals surface area contributed by atoms with Crippen molar-refractivity contribution in [1.29, 1.82) is 0 Å². The molecule has 0 saturated carbocycles. The summed E-state index contributed by atoms with van der Waals surface area (Å²) in [5.41, 5.74) is 0.0128. The second kappa shape index (κ2) is 7.40. The molecule has 0 saturated heterocycles. The molecule has 21 heavy (non-hydrogen) atoms. The van der Waals surface area contributed by atoms with Gasteiger partial charge in [0, 0.05) is 31.6 Å². The third-order valence-electron chi connectivity index (χ3n) is 2.54. The highest BCUT2D eigenvalue weighted by atomic mass is 35.5. The molecule has 5 nitrogen and oxygen atoms in total. The summed E-state index contributed by atoms with van der Waals surface area (Å²) in [6.45, 7) is 0. The van der Waals surface area contributed by atoms with Crippen LogP contribution in [0, 0.1) is 0 Å². The van der Waals surface area contributed by atoms with Gasteiger partial charge in [-0.1, -0.05) is 31.2 Å². The first-order chi connectivity index (χ1) is 9.63. The average molecular weight is 306 g/mol. The maximum absolute atomic E-state index is 11.9. The van der Waals surface area contributed by atoms with Crippen molar-refractivity contribution in [2.45, 2.75) is 7.43 Å². The van der Waals surface area contributed by atoms with Crippen molar-refractivity contribution in [2.24, 2.45) is 0 Å². The van der Waals surface area contributed by atoms with Gasteiger partial charge in [-0.15, -0.1) is 0 Å². The highest BCUT2D eigenvalue weighted by Gasteiger charge is 2.11. The highest BCUT2D eigenvalue weighted by molar-refractivity contribution is 6.32. The molecule has 6 heteroatoms. The Bertz CT molecular complexity index is 723. The second-order valence-corrected chi connectivity index (χ2v) is 4.32. The minimum Gasteiger partial charge on any atom is -0.394 e. The summed E-state index contributed by atoms with van der Waals surface area (Å²) < 4.78 is 1.41. The van der Waals surface area contributed by atoms with E-state index >= 15 is 0 Å². The molecule has 2 rings (SSSR count). The SMILES string of the molecule is C.CNC=CC(=O)c1nn(-c2ccccc2Cl)ccc1=O. The summed E-state index contributed by atoms with van der Waals surface area (Å²) in [6, 6.07) is 8.33. The van der Waals surface area contributed by atoms with Crippen LogP contribution in [0.15, 0.2) is 53.6 Å². The van der Waals surface area contributed by atoms with Crippen LogP contribution in [0.25, 0.3) is 5.69 Å². The van der Waals surface area contributed by atoms with Crippen molar-refractivity contribution < 1.29 is 4.79 Å². The number of allylic oxidation sites excluding steroid dienone is 1. The Morgan fingerprint density at radius 2 is 2.05 bits per heavy atom. The molecule has 110 valence electrons. The molecule has 1 heterocycles. The molecule has 0 aliphatic heterocycles. The number of carbonyl (C=O) groups is 1. The zero-order valence-electron chi connectivity index (χ0n) is 10.7. The number of ketones is 1. The van der Waals surface area contributed by atoms with Crippen LogP contribution in [0.4, 0.5) is 0 Å².